The highest BCUT2D eigenvalue weighted by atomic mass is 32.2. The van der Waals surface area contributed by atoms with Crippen molar-refractivity contribution in [2.45, 2.75) is 25.6 Å². The minimum absolute atomic E-state index is 0.0464. The van der Waals surface area contributed by atoms with Crippen LogP contribution in [-0.2, 0) is 34.7 Å². The second-order valence-corrected chi connectivity index (χ2v) is 7.32. The van der Waals surface area contributed by atoms with Gasteiger partial charge in [0.05, 0.1) is 19.0 Å². The summed E-state index contributed by atoms with van der Waals surface area (Å²) in [6, 6.07) is 4.22. The average molecular weight is 371 g/mol. The van der Waals surface area contributed by atoms with E-state index in [9.17, 15) is 22.8 Å². The van der Waals surface area contributed by atoms with Crippen LogP contribution in [-0.4, -0.2) is 51.8 Å². The van der Waals surface area contributed by atoms with Crippen LogP contribution in [0.1, 0.15) is 29.8 Å². The summed E-state index contributed by atoms with van der Waals surface area (Å²) in [5.41, 5.74) is 0.683. The molecule has 1 aromatic rings. The van der Waals surface area contributed by atoms with Gasteiger partial charge in [0.15, 0.2) is 9.84 Å². The molecule has 0 aliphatic carbocycles. The van der Waals surface area contributed by atoms with Crippen molar-refractivity contribution in [3.8, 4) is 0 Å². The van der Waals surface area contributed by atoms with Crippen LogP contribution in [0.2, 0.25) is 0 Å². The third-order valence-electron chi connectivity index (χ3n) is 2.97. The Morgan fingerprint density at radius 2 is 1.48 bits per heavy atom. The summed E-state index contributed by atoms with van der Waals surface area (Å²) in [6.07, 6.45) is 1.11. The van der Waals surface area contributed by atoms with E-state index in [1.807, 2.05) is 0 Å². The van der Waals surface area contributed by atoms with Crippen LogP contribution in [0.4, 0.5) is 0 Å². The van der Waals surface area contributed by atoms with Crippen molar-refractivity contribution >= 4 is 27.7 Å². The van der Waals surface area contributed by atoms with Crippen LogP contribution in [0.5, 0.6) is 0 Å². The van der Waals surface area contributed by atoms with E-state index in [0.29, 0.717) is 5.56 Å². The van der Waals surface area contributed by atoms with Gasteiger partial charge in [0.2, 0.25) is 6.04 Å². The molecule has 9 heteroatoms. The number of carbonyl (C=O) groups excluding carboxylic acids is 3. The predicted molar refractivity (Wildman–Crippen MR) is 89.5 cm³/mol. The molecule has 1 rings (SSSR count). The fourth-order valence-electron chi connectivity index (χ4n) is 1.93. The fraction of sp³-hybridized carbons (Fsp3) is 0.438. The Kier molecular flexibility index (Phi) is 7.56. The minimum Gasteiger partial charge on any atom is -0.464 e. The number of esters is 2. The monoisotopic (exact) mass is 371 g/mol. The number of benzene rings is 1. The maximum atomic E-state index is 12.2. The zero-order valence-corrected chi connectivity index (χ0v) is 15.1. The Labute approximate surface area is 146 Å². The van der Waals surface area contributed by atoms with Gasteiger partial charge in [-0.3, -0.25) is 4.79 Å². The maximum Gasteiger partial charge on any atom is 0.340 e. The molecule has 0 saturated carbocycles. The van der Waals surface area contributed by atoms with Crippen molar-refractivity contribution in [2.24, 2.45) is 0 Å². The third-order valence-corrected chi connectivity index (χ3v) is 3.82. The molecular weight excluding hydrogens is 350 g/mol. The molecule has 0 bridgehead atoms. The van der Waals surface area contributed by atoms with Crippen molar-refractivity contribution in [3.05, 3.63) is 35.4 Å². The van der Waals surface area contributed by atoms with Gasteiger partial charge in [-0.05, 0) is 31.5 Å². The molecule has 25 heavy (non-hydrogen) atoms. The van der Waals surface area contributed by atoms with Gasteiger partial charge < -0.3 is 14.8 Å². The molecule has 0 atom stereocenters. The summed E-state index contributed by atoms with van der Waals surface area (Å²) in [5.74, 6) is -2.66. The molecule has 138 valence electrons. The molecule has 0 spiro atoms. The first kappa shape index (κ1) is 20.6. The minimum atomic E-state index is -3.19. The SMILES string of the molecule is CCOC(=O)C(NC(=O)c1ccc(CS(C)(=O)=O)cc1)C(=O)OCC. The molecule has 0 saturated heterocycles. The molecule has 0 unspecified atom stereocenters. The van der Waals surface area contributed by atoms with Crippen LogP contribution < -0.4 is 5.32 Å². The number of carbonyl (C=O) groups is 3. The number of hydrogen-bond acceptors (Lipinski definition) is 7. The van der Waals surface area contributed by atoms with E-state index in [0.717, 1.165) is 6.26 Å². The van der Waals surface area contributed by atoms with Crippen LogP contribution in [0.25, 0.3) is 0 Å². The third kappa shape index (κ3) is 6.92. The summed E-state index contributed by atoms with van der Waals surface area (Å²) < 4.78 is 32.0. The van der Waals surface area contributed by atoms with Gasteiger partial charge in [0, 0.05) is 11.8 Å². The molecule has 0 aromatic heterocycles. The van der Waals surface area contributed by atoms with E-state index >= 15 is 0 Å². The number of hydrogen-bond donors (Lipinski definition) is 1. The second-order valence-electron chi connectivity index (χ2n) is 5.18. The van der Waals surface area contributed by atoms with Crippen LogP contribution >= 0.6 is 0 Å². The van der Waals surface area contributed by atoms with Gasteiger partial charge in [-0.1, -0.05) is 12.1 Å². The molecule has 1 N–H and O–H groups in total. The van der Waals surface area contributed by atoms with E-state index in [1.165, 1.54) is 24.3 Å². The molecule has 1 aromatic carbocycles. The van der Waals surface area contributed by atoms with Crippen LogP contribution in [0, 0.1) is 0 Å². The zero-order chi connectivity index (χ0) is 19.0. The predicted octanol–water partition coefficient (Wildman–Crippen LogP) is 0.456. The van der Waals surface area contributed by atoms with Gasteiger partial charge in [-0.25, -0.2) is 18.0 Å². The fourth-order valence-corrected chi connectivity index (χ4v) is 2.73. The summed E-state index contributed by atoms with van der Waals surface area (Å²) in [5, 5.41) is 2.26. The Balaban J connectivity index is 2.88. The van der Waals surface area contributed by atoms with Crippen LogP contribution in [0.15, 0.2) is 24.3 Å². The molecular formula is C16H21NO7S. The zero-order valence-electron chi connectivity index (χ0n) is 14.3. The number of amides is 1. The maximum absolute atomic E-state index is 12.2. The van der Waals surface area contributed by atoms with Crippen molar-refractivity contribution < 1.29 is 32.3 Å². The van der Waals surface area contributed by atoms with Gasteiger partial charge in [0.25, 0.3) is 5.91 Å². The molecule has 0 radical (unpaired) electrons. The lowest BCUT2D eigenvalue weighted by Crippen LogP contribution is -2.48. The summed E-state index contributed by atoms with van der Waals surface area (Å²) in [4.78, 5) is 35.9. The Morgan fingerprint density at radius 3 is 1.88 bits per heavy atom. The highest BCUT2D eigenvalue weighted by molar-refractivity contribution is 7.89. The first-order valence-corrected chi connectivity index (χ1v) is 9.64. The smallest absolute Gasteiger partial charge is 0.340 e. The van der Waals surface area contributed by atoms with Crippen molar-refractivity contribution in [3.63, 3.8) is 0 Å². The molecule has 0 aliphatic rings. The number of rotatable bonds is 8. The van der Waals surface area contributed by atoms with Crippen molar-refractivity contribution in [1.29, 1.82) is 0 Å². The lowest BCUT2D eigenvalue weighted by Gasteiger charge is -2.16. The first-order valence-electron chi connectivity index (χ1n) is 7.58. The Hall–Kier alpha value is -2.42. The summed E-state index contributed by atoms with van der Waals surface area (Å²) >= 11 is 0. The lowest BCUT2D eigenvalue weighted by atomic mass is 10.1. The Morgan fingerprint density at radius 1 is 1.00 bits per heavy atom. The van der Waals surface area contributed by atoms with Gasteiger partial charge >= 0.3 is 11.9 Å². The molecule has 0 heterocycles. The summed E-state index contributed by atoms with van der Waals surface area (Å²) in [7, 11) is -3.19. The second kappa shape index (κ2) is 9.16. The quantitative estimate of drug-likeness (QED) is 0.521. The lowest BCUT2D eigenvalue weighted by molar-refractivity contribution is -0.157. The number of ether oxygens (including phenoxy) is 2. The highest BCUT2D eigenvalue weighted by Crippen LogP contribution is 2.08. The van der Waals surface area contributed by atoms with Gasteiger partial charge in [0.1, 0.15) is 0 Å². The molecule has 1 amide bonds. The molecule has 0 aliphatic heterocycles. The topological polar surface area (TPSA) is 116 Å². The van der Waals surface area contributed by atoms with E-state index < -0.39 is 33.7 Å². The first-order chi connectivity index (χ1) is 11.7. The van der Waals surface area contributed by atoms with E-state index in [4.69, 9.17) is 9.47 Å². The standard InChI is InChI=1S/C16H21NO7S/c1-4-23-15(19)13(16(20)24-5-2)17-14(18)12-8-6-11(7-9-12)10-25(3,21)22/h6-9,13H,4-5,10H2,1-3H3,(H,17,18). The van der Waals surface area contributed by atoms with Crippen LogP contribution in [0.3, 0.4) is 0 Å². The highest BCUT2D eigenvalue weighted by Gasteiger charge is 2.31. The number of sulfone groups is 1. The van der Waals surface area contributed by atoms with Crippen molar-refractivity contribution in [2.75, 3.05) is 19.5 Å². The average Bonchev–Trinajstić information content (AvgIpc) is 2.51. The largest absolute Gasteiger partial charge is 0.464 e. The van der Waals surface area contributed by atoms with Gasteiger partial charge in [-0.2, -0.15) is 0 Å². The van der Waals surface area contributed by atoms with E-state index in [1.54, 1.807) is 13.8 Å². The molecule has 8 nitrogen and oxygen atoms in total. The van der Waals surface area contributed by atoms with Crippen molar-refractivity contribution in [1.82, 2.24) is 5.32 Å². The van der Waals surface area contributed by atoms with E-state index in [2.05, 4.69) is 5.32 Å². The molecule has 0 fully saturated rings. The summed E-state index contributed by atoms with van der Waals surface area (Å²) in [6.45, 7) is 3.24. The van der Waals surface area contributed by atoms with Gasteiger partial charge in [-0.15, -0.1) is 0 Å². The Bertz CT molecular complexity index is 707. The van der Waals surface area contributed by atoms with E-state index in [-0.39, 0.29) is 24.5 Å². The normalized spacial score (nSPS) is 11.0. The number of nitrogens with one attached hydrogen (secondary N) is 1.